The minimum atomic E-state index is -0.621. The molecule has 0 spiro atoms. The number of thiophene rings is 1. The van der Waals surface area contributed by atoms with Crippen LogP contribution in [0.25, 0.3) is 11.8 Å². The molecule has 29 heavy (non-hydrogen) atoms. The number of benzene rings is 1. The summed E-state index contributed by atoms with van der Waals surface area (Å²) in [5, 5.41) is 9.05. The van der Waals surface area contributed by atoms with Crippen molar-refractivity contribution in [2.45, 2.75) is 20.4 Å². The molecule has 0 saturated carbocycles. The zero-order valence-electron chi connectivity index (χ0n) is 16.0. The van der Waals surface area contributed by atoms with Crippen LogP contribution in [0.5, 0.6) is 0 Å². The lowest BCUT2D eigenvalue weighted by atomic mass is 10.2. The Balaban J connectivity index is 1.57. The van der Waals surface area contributed by atoms with Gasteiger partial charge in [-0.2, -0.15) is 5.10 Å². The second kappa shape index (κ2) is 9.29. The molecular weight excluding hydrogens is 393 g/mol. The van der Waals surface area contributed by atoms with Crippen LogP contribution in [0.3, 0.4) is 0 Å². The average molecular weight is 413 g/mol. The molecule has 0 aliphatic rings. The van der Waals surface area contributed by atoms with Crippen molar-refractivity contribution < 1.29 is 18.7 Å². The Labute approximate surface area is 171 Å². The third-order valence-corrected chi connectivity index (χ3v) is 5.07. The van der Waals surface area contributed by atoms with Gasteiger partial charge in [-0.3, -0.25) is 4.79 Å². The van der Waals surface area contributed by atoms with Gasteiger partial charge in [-0.25, -0.2) is 13.9 Å². The van der Waals surface area contributed by atoms with Gasteiger partial charge in [-0.05, 0) is 55.6 Å². The Bertz CT molecular complexity index is 1020. The minimum Gasteiger partial charge on any atom is -0.452 e. The molecule has 0 bridgehead atoms. The van der Waals surface area contributed by atoms with Gasteiger partial charge in [-0.1, -0.05) is 6.07 Å². The first-order chi connectivity index (χ1) is 13.9. The van der Waals surface area contributed by atoms with E-state index in [2.05, 4.69) is 10.4 Å². The summed E-state index contributed by atoms with van der Waals surface area (Å²) in [6.07, 6.45) is 2.86. The number of aromatic nitrogens is 2. The molecule has 8 heteroatoms. The molecular formula is C21H20FN3O3S. The van der Waals surface area contributed by atoms with Crippen LogP contribution in [0.1, 0.15) is 21.8 Å². The Hall–Kier alpha value is -3.26. The zero-order valence-corrected chi connectivity index (χ0v) is 16.8. The molecule has 1 N–H and O–H groups in total. The van der Waals surface area contributed by atoms with E-state index in [9.17, 15) is 14.0 Å². The second-order valence-electron chi connectivity index (χ2n) is 6.27. The van der Waals surface area contributed by atoms with Gasteiger partial charge in [0, 0.05) is 22.2 Å². The summed E-state index contributed by atoms with van der Waals surface area (Å²) in [7, 11) is 0. The Kier molecular flexibility index (Phi) is 6.56. The maximum atomic E-state index is 13.1. The number of ether oxygens (including phenoxy) is 1. The smallest absolute Gasteiger partial charge is 0.331 e. The third-order valence-electron chi connectivity index (χ3n) is 4.19. The Morgan fingerprint density at radius 2 is 2.00 bits per heavy atom. The van der Waals surface area contributed by atoms with Gasteiger partial charge in [0.25, 0.3) is 5.91 Å². The van der Waals surface area contributed by atoms with Crippen molar-refractivity contribution in [3.63, 3.8) is 0 Å². The van der Waals surface area contributed by atoms with E-state index in [0.717, 1.165) is 21.8 Å². The van der Waals surface area contributed by atoms with E-state index in [1.807, 2.05) is 31.4 Å². The van der Waals surface area contributed by atoms with Crippen molar-refractivity contribution in [3.8, 4) is 5.69 Å². The minimum absolute atomic E-state index is 0.322. The van der Waals surface area contributed by atoms with Gasteiger partial charge in [-0.15, -0.1) is 11.3 Å². The highest BCUT2D eigenvalue weighted by molar-refractivity contribution is 7.09. The highest BCUT2D eigenvalue weighted by Gasteiger charge is 2.12. The van der Waals surface area contributed by atoms with Crippen molar-refractivity contribution >= 4 is 29.3 Å². The summed E-state index contributed by atoms with van der Waals surface area (Å²) < 4.78 is 19.8. The van der Waals surface area contributed by atoms with Crippen LogP contribution in [0.15, 0.2) is 47.9 Å². The molecule has 150 valence electrons. The van der Waals surface area contributed by atoms with E-state index in [4.69, 9.17) is 4.74 Å². The highest BCUT2D eigenvalue weighted by Crippen LogP contribution is 2.19. The molecule has 6 nitrogen and oxygen atoms in total. The van der Waals surface area contributed by atoms with Gasteiger partial charge in [0.2, 0.25) is 0 Å². The maximum absolute atomic E-state index is 13.1. The quantitative estimate of drug-likeness (QED) is 0.475. The number of hydrogen-bond donors (Lipinski definition) is 1. The van der Waals surface area contributed by atoms with Crippen LogP contribution in [0, 0.1) is 19.7 Å². The third kappa shape index (κ3) is 5.39. The normalized spacial score (nSPS) is 11.0. The van der Waals surface area contributed by atoms with Gasteiger partial charge in [0.05, 0.1) is 17.9 Å². The molecule has 0 radical (unpaired) electrons. The van der Waals surface area contributed by atoms with E-state index in [1.54, 1.807) is 22.9 Å². The number of nitrogens with zero attached hydrogens (tertiary/aromatic N) is 2. The first kappa shape index (κ1) is 20.5. The molecule has 0 atom stereocenters. The first-order valence-electron chi connectivity index (χ1n) is 8.90. The number of esters is 1. The molecule has 0 fully saturated rings. The number of nitrogens with one attached hydrogen (secondary N) is 1. The molecule has 0 aliphatic carbocycles. The van der Waals surface area contributed by atoms with Crippen LogP contribution in [0.4, 0.5) is 4.39 Å². The number of carbonyl (C=O) groups excluding carboxylic acids is 2. The van der Waals surface area contributed by atoms with Crippen molar-refractivity contribution in [1.29, 1.82) is 0 Å². The fourth-order valence-corrected chi connectivity index (χ4v) is 3.36. The number of hydrogen-bond acceptors (Lipinski definition) is 5. The van der Waals surface area contributed by atoms with Crippen molar-refractivity contribution in [3.05, 3.63) is 75.5 Å². The predicted molar refractivity (Wildman–Crippen MR) is 109 cm³/mol. The molecule has 0 saturated heterocycles. The topological polar surface area (TPSA) is 73.2 Å². The standard InChI is InChI=1S/C21H20FN3O3S/c1-14-19(15(2)25(24-14)17-7-5-16(22)6-8-17)9-10-21(27)28-13-20(26)23-12-18-4-3-11-29-18/h3-11H,12-13H2,1-2H3,(H,23,26). The van der Waals surface area contributed by atoms with Gasteiger partial charge in [0.15, 0.2) is 6.61 Å². The summed E-state index contributed by atoms with van der Waals surface area (Å²) in [6, 6.07) is 9.80. The van der Waals surface area contributed by atoms with E-state index < -0.39 is 5.97 Å². The van der Waals surface area contributed by atoms with Crippen LogP contribution in [-0.4, -0.2) is 28.3 Å². The second-order valence-corrected chi connectivity index (χ2v) is 7.30. The zero-order chi connectivity index (χ0) is 20.8. The fraction of sp³-hybridized carbons (Fsp3) is 0.190. The lowest BCUT2D eigenvalue weighted by molar-refractivity contribution is -0.143. The lowest BCUT2D eigenvalue weighted by Crippen LogP contribution is -2.27. The molecule has 1 amide bonds. The SMILES string of the molecule is Cc1nn(-c2ccc(F)cc2)c(C)c1C=CC(=O)OCC(=O)NCc1cccs1. The highest BCUT2D eigenvalue weighted by atomic mass is 32.1. The van der Waals surface area contributed by atoms with Gasteiger partial charge in [0.1, 0.15) is 5.82 Å². The molecule has 3 aromatic rings. The monoisotopic (exact) mass is 413 g/mol. The molecule has 1 aromatic carbocycles. The van der Waals surface area contributed by atoms with E-state index in [1.165, 1.54) is 29.5 Å². The maximum Gasteiger partial charge on any atom is 0.331 e. The first-order valence-corrected chi connectivity index (χ1v) is 9.78. The van der Waals surface area contributed by atoms with E-state index in [-0.39, 0.29) is 18.3 Å². The van der Waals surface area contributed by atoms with E-state index in [0.29, 0.717) is 12.2 Å². The lowest BCUT2D eigenvalue weighted by Gasteiger charge is -2.04. The van der Waals surface area contributed by atoms with Crippen LogP contribution < -0.4 is 5.32 Å². The number of carbonyl (C=O) groups is 2. The van der Waals surface area contributed by atoms with Gasteiger partial charge < -0.3 is 10.1 Å². The molecule has 2 aromatic heterocycles. The number of amides is 1. The van der Waals surface area contributed by atoms with Crippen molar-refractivity contribution in [2.24, 2.45) is 0 Å². The summed E-state index contributed by atoms with van der Waals surface area (Å²) in [6.45, 7) is 3.73. The van der Waals surface area contributed by atoms with E-state index >= 15 is 0 Å². The molecule has 2 heterocycles. The number of halogens is 1. The molecule has 0 unspecified atom stereocenters. The Morgan fingerprint density at radius 1 is 1.24 bits per heavy atom. The van der Waals surface area contributed by atoms with Crippen LogP contribution in [0.2, 0.25) is 0 Å². The molecule has 0 aliphatic heterocycles. The van der Waals surface area contributed by atoms with Gasteiger partial charge >= 0.3 is 5.97 Å². The van der Waals surface area contributed by atoms with Crippen molar-refractivity contribution in [2.75, 3.05) is 6.61 Å². The van der Waals surface area contributed by atoms with Crippen LogP contribution in [-0.2, 0) is 20.9 Å². The largest absolute Gasteiger partial charge is 0.452 e. The number of aryl methyl sites for hydroxylation is 1. The van der Waals surface area contributed by atoms with Crippen LogP contribution >= 0.6 is 11.3 Å². The predicted octanol–water partition coefficient (Wildman–Crippen LogP) is 3.56. The average Bonchev–Trinajstić information content (AvgIpc) is 3.32. The molecule has 3 rings (SSSR count). The number of rotatable bonds is 7. The van der Waals surface area contributed by atoms with Crippen molar-refractivity contribution in [1.82, 2.24) is 15.1 Å². The summed E-state index contributed by atoms with van der Waals surface area (Å²) in [5.41, 5.74) is 2.99. The summed E-state index contributed by atoms with van der Waals surface area (Å²) in [4.78, 5) is 24.7. The Morgan fingerprint density at radius 3 is 2.69 bits per heavy atom. The fourth-order valence-electron chi connectivity index (χ4n) is 2.72. The summed E-state index contributed by atoms with van der Waals surface area (Å²) >= 11 is 1.54. The summed E-state index contributed by atoms with van der Waals surface area (Å²) in [5.74, 6) is -1.31.